The predicted molar refractivity (Wildman–Crippen MR) is 243 cm³/mol. The number of benzene rings is 4. The topological polar surface area (TPSA) is 112 Å². The first kappa shape index (κ1) is 43.3. The standard InChI is InChI=1S/C52H60N4O4/c1-37(57)35-54-39(3)48-32-43-21-13-22-44(31-43)45-26-27-50(60-36-42-19-11-6-12-20-42)46(33-45)34-49(56-52(59)29-25-41-17-9-5-10-18-41)47(38(2)55-48)23-14-30-53-51(58)28-24-40-15-7-4-8-16-40/h4,6-9,11-13,15-22,26-27,31,33,47-49,54-55,57H,1-3,5,10,14,23-25,28-30,32,34-36H2,(H,53,58)(H,56,59)/t47-,48?,49?/m0/s1. The molecule has 0 radical (unpaired) electrons. The smallest absolute Gasteiger partial charge is 0.220 e. The lowest BCUT2D eigenvalue weighted by molar-refractivity contribution is -0.122. The lowest BCUT2D eigenvalue weighted by Gasteiger charge is -2.34. The lowest BCUT2D eigenvalue weighted by atomic mass is 9.86. The normalized spacial score (nSPS) is 17.4. The fourth-order valence-electron chi connectivity index (χ4n) is 7.92. The number of nitrogens with one attached hydrogen (secondary N) is 4. The third-order valence-corrected chi connectivity index (χ3v) is 11.2. The van der Waals surface area contributed by atoms with Crippen molar-refractivity contribution in [3.05, 3.63) is 186 Å². The first-order valence-electron chi connectivity index (χ1n) is 21.3. The van der Waals surface area contributed by atoms with Crippen molar-refractivity contribution in [1.82, 2.24) is 21.3 Å². The molecule has 60 heavy (non-hydrogen) atoms. The number of amides is 2. The molecule has 5 N–H and O–H groups in total. The number of carbonyl (C=O) groups excluding carboxylic acids is 2. The van der Waals surface area contributed by atoms with Gasteiger partial charge in [-0.2, -0.15) is 0 Å². The number of ether oxygens (including phenoxy) is 1. The summed E-state index contributed by atoms with van der Waals surface area (Å²) in [5, 5.41) is 23.5. The van der Waals surface area contributed by atoms with Gasteiger partial charge in [-0.1, -0.05) is 135 Å². The van der Waals surface area contributed by atoms with Crippen molar-refractivity contribution in [2.24, 2.45) is 5.92 Å². The van der Waals surface area contributed by atoms with Crippen LogP contribution >= 0.6 is 0 Å². The van der Waals surface area contributed by atoms with Gasteiger partial charge in [-0.05, 0) is 96.9 Å². The van der Waals surface area contributed by atoms with Gasteiger partial charge < -0.3 is 31.1 Å². The molecule has 4 bridgehead atoms. The first-order valence-corrected chi connectivity index (χ1v) is 21.3. The summed E-state index contributed by atoms with van der Waals surface area (Å²) >= 11 is 0. The number of hydrogen-bond donors (Lipinski definition) is 5. The van der Waals surface area contributed by atoms with Crippen molar-refractivity contribution in [2.45, 2.75) is 82.9 Å². The Balaban J connectivity index is 1.32. The van der Waals surface area contributed by atoms with E-state index in [9.17, 15) is 14.7 Å². The summed E-state index contributed by atoms with van der Waals surface area (Å²) in [6, 6.07) is 34.3. The van der Waals surface area contributed by atoms with Crippen LogP contribution < -0.4 is 26.0 Å². The van der Waals surface area contributed by atoms with Gasteiger partial charge in [0.1, 0.15) is 18.1 Å². The molecule has 1 aliphatic carbocycles. The van der Waals surface area contributed by atoms with E-state index in [0.29, 0.717) is 70.2 Å². The zero-order valence-corrected chi connectivity index (χ0v) is 34.8. The molecule has 0 fully saturated rings. The van der Waals surface area contributed by atoms with E-state index in [2.05, 4.69) is 108 Å². The van der Waals surface area contributed by atoms with E-state index in [4.69, 9.17) is 4.74 Å². The van der Waals surface area contributed by atoms with E-state index in [1.807, 2.05) is 54.6 Å². The van der Waals surface area contributed by atoms with Crippen LogP contribution in [-0.2, 0) is 35.5 Å². The number of aliphatic hydroxyl groups excluding tert-OH is 1. The maximum atomic E-state index is 14.1. The second-order valence-electron chi connectivity index (χ2n) is 15.9. The largest absolute Gasteiger partial charge is 0.511 e. The highest BCUT2D eigenvalue weighted by Gasteiger charge is 2.30. The Morgan fingerprint density at radius 3 is 2.30 bits per heavy atom. The molecule has 6 rings (SSSR count). The monoisotopic (exact) mass is 804 g/mol. The van der Waals surface area contributed by atoms with Gasteiger partial charge in [0.05, 0.1) is 12.6 Å². The van der Waals surface area contributed by atoms with Crippen molar-refractivity contribution >= 4 is 11.8 Å². The van der Waals surface area contributed by atoms with E-state index < -0.39 is 0 Å². The van der Waals surface area contributed by atoms with Crippen LogP contribution in [0.15, 0.2) is 164 Å². The van der Waals surface area contributed by atoms with Crippen LogP contribution in [0.2, 0.25) is 0 Å². The first-order chi connectivity index (χ1) is 29.2. The molecule has 4 aromatic carbocycles. The summed E-state index contributed by atoms with van der Waals surface area (Å²) in [7, 11) is 0. The zero-order valence-electron chi connectivity index (χ0n) is 34.8. The molecule has 0 saturated heterocycles. The molecule has 312 valence electrons. The fourth-order valence-corrected chi connectivity index (χ4v) is 7.92. The van der Waals surface area contributed by atoms with E-state index >= 15 is 0 Å². The molecule has 0 aromatic heterocycles. The Morgan fingerprint density at radius 1 is 0.800 bits per heavy atom. The number of rotatable bonds is 18. The minimum absolute atomic E-state index is 0.00773. The van der Waals surface area contributed by atoms with Crippen LogP contribution in [0.5, 0.6) is 5.75 Å². The molecule has 0 saturated carbocycles. The van der Waals surface area contributed by atoms with Crippen LogP contribution in [0.3, 0.4) is 0 Å². The van der Waals surface area contributed by atoms with Crippen LogP contribution in [-0.4, -0.2) is 42.1 Å². The highest BCUT2D eigenvalue weighted by Crippen LogP contribution is 2.33. The molecule has 2 aliphatic rings. The molecule has 2 unspecified atom stereocenters. The molecule has 3 atom stereocenters. The average molecular weight is 805 g/mol. The number of carbonyl (C=O) groups is 2. The Bertz CT molecular complexity index is 2160. The molecule has 8 heteroatoms. The third-order valence-electron chi connectivity index (χ3n) is 11.2. The van der Waals surface area contributed by atoms with Gasteiger partial charge in [-0.3, -0.25) is 9.59 Å². The number of fused-ring (bicyclic) bond motifs is 5. The highest BCUT2D eigenvalue weighted by atomic mass is 16.5. The number of hydrogen-bond acceptors (Lipinski definition) is 6. The van der Waals surface area contributed by atoms with Crippen molar-refractivity contribution in [1.29, 1.82) is 0 Å². The maximum absolute atomic E-state index is 14.1. The third kappa shape index (κ3) is 13.4. The molecule has 1 aliphatic heterocycles. The van der Waals surface area contributed by atoms with Crippen molar-refractivity contribution in [2.75, 3.05) is 13.1 Å². The Kier molecular flexibility index (Phi) is 16.0. The summed E-state index contributed by atoms with van der Waals surface area (Å²) in [6.45, 7) is 13.7. The molecular formula is C52H60N4O4. The Morgan fingerprint density at radius 2 is 1.55 bits per heavy atom. The molecule has 1 heterocycles. The van der Waals surface area contributed by atoms with Crippen molar-refractivity contribution in [3.8, 4) is 16.9 Å². The summed E-state index contributed by atoms with van der Waals surface area (Å²) in [4.78, 5) is 27.0. The Labute approximate surface area is 356 Å². The van der Waals surface area contributed by atoms with Crippen molar-refractivity contribution in [3.63, 3.8) is 0 Å². The second-order valence-corrected chi connectivity index (χ2v) is 15.9. The van der Waals surface area contributed by atoms with E-state index in [1.54, 1.807) is 0 Å². The van der Waals surface area contributed by atoms with Gasteiger partial charge in [0.2, 0.25) is 11.8 Å². The second kappa shape index (κ2) is 22.2. The van der Waals surface area contributed by atoms with Crippen LogP contribution in [0.4, 0.5) is 0 Å². The summed E-state index contributed by atoms with van der Waals surface area (Å²) in [5.74, 6) is 0.495. The van der Waals surface area contributed by atoms with E-state index in [-0.39, 0.29) is 42.1 Å². The quantitative estimate of drug-likeness (QED) is 0.0507. The van der Waals surface area contributed by atoms with Crippen molar-refractivity contribution < 1.29 is 19.4 Å². The lowest BCUT2D eigenvalue weighted by Crippen LogP contribution is -2.47. The average Bonchev–Trinajstić information content (AvgIpc) is 3.27. The number of allylic oxidation sites excluding steroid dienone is 4. The number of aliphatic hydroxyl groups is 1. The van der Waals surface area contributed by atoms with Crippen LogP contribution in [0.25, 0.3) is 11.1 Å². The molecule has 4 aromatic rings. The zero-order chi connectivity index (χ0) is 42.1. The minimum Gasteiger partial charge on any atom is -0.511 e. The van der Waals surface area contributed by atoms with E-state index in [1.165, 1.54) is 5.57 Å². The van der Waals surface area contributed by atoms with Crippen LogP contribution in [0, 0.1) is 5.92 Å². The maximum Gasteiger partial charge on any atom is 0.220 e. The summed E-state index contributed by atoms with van der Waals surface area (Å²) in [5.41, 5.74) is 9.00. The summed E-state index contributed by atoms with van der Waals surface area (Å²) < 4.78 is 6.56. The summed E-state index contributed by atoms with van der Waals surface area (Å²) in [6.07, 6.45) is 13.0. The number of aryl methyl sites for hydroxylation is 1. The van der Waals surface area contributed by atoms with E-state index in [0.717, 1.165) is 57.7 Å². The van der Waals surface area contributed by atoms with Gasteiger partial charge in [0, 0.05) is 42.7 Å². The van der Waals surface area contributed by atoms with Gasteiger partial charge >= 0.3 is 0 Å². The van der Waals surface area contributed by atoms with Gasteiger partial charge in [-0.25, -0.2) is 0 Å². The molecule has 2 amide bonds. The molecule has 0 spiro atoms. The molecule has 8 nitrogen and oxygen atoms in total. The van der Waals surface area contributed by atoms with Gasteiger partial charge in [-0.15, -0.1) is 0 Å². The van der Waals surface area contributed by atoms with Gasteiger partial charge in [0.25, 0.3) is 0 Å². The minimum atomic E-state index is -0.376. The molecular weight excluding hydrogens is 745 g/mol. The Hall–Kier alpha value is -6.28. The highest BCUT2D eigenvalue weighted by molar-refractivity contribution is 5.77. The van der Waals surface area contributed by atoms with Crippen LogP contribution in [0.1, 0.15) is 67.2 Å². The predicted octanol–water partition coefficient (Wildman–Crippen LogP) is 9.36. The fraction of sp³-hybridized carbons (Fsp3) is 0.308. The van der Waals surface area contributed by atoms with Gasteiger partial charge in [0.15, 0.2) is 0 Å². The SMILES string of the molecule is C=C(O)CNC(=C)C1Cc2cccc(c2)-c2ccc(OCc3ccccc3)c(c2)CC(NC(=O)CCC2=CCCC=C2)[C@@H](CCCNC(=O)CCc2ccccc2)C(=C)N1.